The minimum Gasteiger partial charge on any atom is -0.346 e. The molecule has 0 aliphatic carbocycles. The molecular weight excluding hydrogens is 198 g/mol. The van der Waals surface area contributed by atoms with Gasteiger partial charge in [-0.05, 0) is 12.1 Å². The number of halogens is 1. The van der Waals surface area contributed by atoms with Crippen LogP contribution in [0.25, 0.3) is 21.8 Å². The third-order valence-electron chi connectivity index (χ3n) is 2.25. The summed E-state index contributed by atoms with van der Waals surface area (Å²) in [4.78, 5) is 11.4. The summed E-state index contributed by atoms with van der Waals surface area (Å²) in [6, 6.07) is 3.80. The highest BCUT2D eigenvalue weighted by atomic mass is 35.5. The molecule has 3 heterocycles. The lowest BCUT2D eigenvalue weighted by Crippen LogP contribution is -1.81. The summed E-state index contributed by atoms with van der Waals surface area (Å²) in [5.41, 5.74) is 0.877. The molecule has 0 unspecified atom stereocenters. The molecule has 3 rings (SSSR count). The van der Waals surface area contributed by atoms with E-state index in [2.05, 4.69) is 15.0 Å². The highest BCUT2D eigenvalue weighted by Crippen LogP contribution is 2.23. The van der Waals surface area contributed by atoms with Crippen LogP contribution < -0.4 is 0 Å². The van der Waals surface area contributed by atoms with Crippen LogP contribution in [0.4, 0.5) is 0 Å². The van der Waals surface area contributed by atoms with Gasteiger partial charge in [0.05, 0.1) is 0 Å². The molecule has 0 aliphatic heterocycles. The molecule has 0 radical (unpaired) electrons. The molecule has 3 aromatic rings. The number of nitrogens with one attached hydrogen (secondary N) is 1. The fourth-order valence-electron chi connectivity index (χ4n) is 1.59. The number of aromatic nitrogens is 3. The molecular formula is C10H6ClN3. The molecule has 0 atom stereocenters. The van der Waals surface area contributed by atoms with E-state index in [1.165, 1.54) is 0 Å². The van der Waals surface area contributed by atoms with E-state index >= 15 is 0 Å². The third-order valence-corrected chi connectivity index (χ3v) is 2.46. The van der Waals surface area contributed by atoms with Crippen molar-refractivity contribution >= 4 is 33.4 Å². The second-order valence-corrected chi connectivity index (χ2v) is 3.48. The fourth-order valence-corrected chi connectivity index (χ4v) is 1.76. The highest BCUT2D eigenvalue weighted by molar-refractivity contribution is 6.30. The van der Waals surface area contributed by atoms with Gasteiger partial charge in [-0.25, -0.2) is 9.97 Å². The van der Waals surface area contributed by atoms with Crippen molar-refractivity contribution < 1.29 is 0 Å². The van der Waals surface area contributed by atoms with Crippen LogP contribution in [0, 0.1) is 0 Å². The van der Waals surface area contributed by atoms with Crippen molar-refractivity contribution in [2.45, 2.75) is 0 Å². The maximum atomic E-state index is 5.80. The molecule has 68 valence electrons. The van der Waals surface area contributed by atoms with Crippen molar-refractivity contribution in [3.63, 3.8) is 0 Å². The van der Waals surface area contributed by atoms with Crippen molar-refractivity contribution in [1.29, 1.82) is 0 Å². The van der Waals surface area contributed by atoms with E-state index in [1.807, 2.05) is 18.3 Å². The first-order valence-electron chi connectivity index (χ1n) is 4.22. The Morgan fingerprint density at radius 2 is 2.07 bits per heavy atom. The summed E-state index contributed by atoms with van der Waals surface area (Å²) in [5.74, 6) is 0. The van der Waals surface area contributed by atoms with Gasteiger partial charge in [0, 0.05) is 34.7 Å². The average molecular weight is 204 g/mol. The molecule has 4 heteroatoms. The lowest BCUT2D eigenvalue weighted by molar-refractivity contribution is 1.32. The predicted molar refractivity (Wildman–Crippen MR) is 56.4 cm³/mol. The maximum Gasteiger partial charge on any atom is 0.137 e. The molecule has 0 spiro atoms. The van der Waals surface area contributed by atoms with Gasteiger partial charge < -0.3 is 4.98 Å². The van der Waals surface area contributed by atoms with E-state index in [-0.39, 0.29) is 0 Å². The molecule has 3 nitrogen and oxygen atoms in total. The van der Waals surface area contributed by atoms with Crippen molar-refractivity contribution in [3.05, 3.63) is 35.9 Å². The second-order valence-electron chi connectivity index (χ2n) is 3.09. The normalized spacial score (nSPS) is 11.2. The summed E-state index contributed by atoms with van der Waals surface area (Å²) in [6.45, 7) is 0. The lowest BCUT2D eigenvalue weighted by Gasteiger charge is -1.98. The SMILES string of the molecule is Clc1cc2cnc3[nH]ccc3c2cn1. The molecule has 0 bridgehead atoms. The number of nitrogens with zero attached hydrogens (tertiary/aromatic N) is 2. The van der Waals surface area contributed by atoms with E-state index in [0.717, 1.165) is 21.8 Å². The summed E-state index contributed by atoms with van der Waals surface area (Å²) in [7, 11) is 0. The molecule has 0 saturated heterocycles. The highest BCUT2D eigenvalue weighted by Gasteiger charge is 2.02. The van der Waals surface area contributed by atoms with Crippen LogP contribution in [0.3, 0.4) is 0 Å². The summed E-state index contributed by atoms with van der Waals surface area (Å²) >= 11 is 5.80. The molecule has 0 aromatic carbocycles. The van der Waals surface area contributed by atoms with Crippen LogP contribution in [-0.2, 0) is 0 Å². The average Bonchev–Trinajstić information content (AvgIpc) is 2.65. The number of H-pyrrole nitrogens is 1. The molecule has 0 fully saturated rings. The Bertz CT molecular complexity index is 615. The van der Waals surface area contributed by atoms with Gasteiger partial charge in [-0.1, -0.05) is 11.6 Å². The Kier molecular flexibility index (Phi) is 1.49. The van der Waals surface area contributed by atoms with Crippen LogP contribution in [0.1, 0.15) is 0 Å². The quantitative estimate of drug-likeness (QED) is 0.571. The topological polar surface area (TPSA) is 41.6 Å². The van der Waals surface area contributed by atoms with Gasteiger partial charge in [0.15, 0.2) is 0 Å². The lowest BCUT2D eigenvalue weighted by atomic mass is 10.2. The number of aromatic amines is 1. The molecule has 1 N–H and O–H groups in total. The van der Waals surface area contributed by atoms with Crippen LogP contribution in [0.2, 0.25) is 5.15 Å². The molecule has 0 aliphatic rings. The first-order chi connectivity index (χ1) is 6.84. The zero-order valence-electron chi connectivity index (χ0n) is 7.16. The van der Waals surface area contributed by atoms with Crippen molar-refractivity contribution in [3.8, 4) is 0 Å². The number of rotatable bonds is 0. The largest absolute Gasteiger partial charge is 0.346 e. The van der Waals surface area contributed by atoms with E-state index in [4.69, 9.17) is 11.6 Å². The first kappa shape index (κ1) is 7.76. The third kappa shape index (κ3) is 0.992. The maximum absolute atomic E-state index is 5.80. The Hall–Kier alpha value is -1.61. The summed E-state index contributed by atoms with van der Waals surface area (Å²) in [6.07, 6.45) is 5.43. The second kappa shape index (κ2) is 2.69. The predicted octanol–water partition coefficient (Wildman–Crippen LogP) is 2.76. The Morgan fingerprint density at radius 3 is 3.00 bits per heavy atom. The number of pyridine rings is 2. The minimum absolute atomic E-state index is 0.495. The zero-order chi connectivity index (χ0) is 9.54. The number of hydrogen-bond acceptors (Lipinski definition) is 2. The Balaban J connectivity index is 2.57. The molecule has 14 heavy (non-hydrogen) atoms. The van der Waals surface area contributed by atoms with Crippen molar-refractivity contribution in [2.24, 2.45) is 0 Å². The summed E-state index contributed by atoms with van der Waals surface area (Å²) in [5, 5.41) is 3.65. The Morgan fingerprint density at radius 1 is 1.14 bits per heavy atom. The van der Waals surface area contributed by atoms with Crippen molar-refractivity contribution in [1.82, 2.24) is 15.0 Å². The smallest absolute Gasteiger partial charge is 0.137 e. The van der Waals surface area contributed by atoms with Gasteiger partial charge in [0.2, 0.25) is 0 Å². The van der Waals surface area contributed by atoms with E-state index < -0.39 is 0 Å². The van der Waals surface area contributed by atoms with Gasteiger partial charge in [0.1, 0.15) is 10.8 Å². The monoisotopic (exact) mass is 203 g/mol. The van der Waals surface area contributed by atoms with Gasteiger partial charge in [0.25, 0.3) is 0 Å². The van der Waals surface area contributed by atoms with Crippen molar-refractivity contribution in [2.75, 3.05) is 0 Å². The molecule has 0 saturated carbocycles. The first-order valence-corrected chi connectivity index (χ1v) is 4.60. The van der Waals surface area contributed by atoms with Gasteiger partial charge in [-0.3, -0.25) is 0 Å². The van der Waals surface area contributed by atoms with E-state index in [0.29, 0.717) is 5.15 Å². The number of hydrogen-bond donors (Lipinski definition) is 1. The zero-order valence-corrected chi connectivity index (χ0v) is 7.92. The molecule has 3 aromatic heterocycles. The standard InChI is InChI=1S/C10H6ClN3/c11-9-3-6-4-14-10-7(1-2-12-10)8(6)5-13-9/h1-5H,(H,12,14). The van der Waals surface area contributed by atoms with Crippen LogP contribution in [0.15, 0.2) is 30.7 Å². The van der Waals surface area contributed by atoms with Gasteiger partial charge in [-0.2, -0.15) is 0 Å². The van der Waals surface area contributed by atoms with Gasteiger partial charge >= 0.3 is 0 Å². The van der Waals surface area contributed by atoms with Crippen LogP contribution >= 0.6 is 11.6 Å². The Labute approximate surface area is 84.7 Å². The number of fused-ring (bicyclic) bond motifs is 3. The van der Waals surface area contributed by atoms with Crippen LogP contribution in [0.5, 0.6) is 0 Å². The summed E-state index contributed by atoms with van der Waals surface area (Å²) < 4.78 is 0. The van der Waals surface area contributed by atoms with Gasteiger partial charge in [-0.15, -0.1) is 0 Å². The van der Waals surface area contributed by atoms with E-state index in [9.17, 15) is 0 Å². The fraction of sp³-hybridized carbons (Fsp3) is 0. The van der Waals surface area contributed by atoms with Crippen LogP contribution in [-0.4, -0.2) is 15.0 Å². The molecule has 0 amide bonds. The van der Waals surface area contributed by atoms with E-state index in [1.54, 1.807) is 12.4 Å². The minimum atomic E-state index is 0.495.